The van der Waals surface area contributed by atoms with Crippen LogP contribution in [0.25, 0.3) is 0 Å². The Balaban J connectivity index is 1.68. The molecule has 0 radical (unpaired) electrons. The molecule has 6 nitrogen and oxygen atoms in total. The molecule has 0 aliphatic carbocycles. The van der Waals surface area contributed by atoms with Crippen molar-refractivity contribution in [3.05, 3.63) is 28.2 Å². The third-order valence-corrected chi connectivity index (χ3v) is 3.91. The number of halogens is 1. The summed E-state index contributed by atoms with van der Waals surface area (Å²) in [7, 11) is 0. The lowest BCUT2D eigenvalue weighted by molar-refractivity contribution is 0.0389. The maximum Gasteiger partial charge on any atom is 0.187 e. The van der Waals surface area contributed by atoms with Crippen LogP contribution < -0.4 is 10.7 Å². The molecule has 8 heteroatoms. The van der Waals surface area contributed by atoms with Crippen LogP contribution in [0.5, 0.6) is 5.75 Å². The number of phenols is 1. The Labute approximate surface area is 143 Å². The molecule has 0 atom stereocenters. The quantitative estimate of drug-likeness (QED) is 0.402. The second-order valence-electron chi connectivity index (χ2n) is 4.78. The Morgan fingerprint density at radius 3 is 3.00 bits per heavy atom. The van der Waals surface area contributed by atoms with Crippen LogP contribution in [0.2, 0.25) is 0 Å². The predicted molar refractivity (Wildman–Crippen MR) is 94.4 cm³/mol. The molecule has 0 amide bonds. The van der Waals surface area contributed by atoms with Crippen molar-refractivity contribution < 1.29 is 9.84 Å². The van der Waals surface area contributed by atoms with Gasteiger partial charge in [-0.3, -0.25) is 10.3 Å². The Hall–Kier alpha value is -1.22. The number of rotatable bonds is 5. The first-order chi connectivity index (χ1) is 10.6. The normalized spacial score (nSPS) is 15.9. The summed E-state index contributed by atoms with van der Waals surface area (Å²) in [5, 5.41) is 17.2. The van der Waals surface area contributed by atoms with E-state index >= 15 is 0 Å². The number of morpholine rings is 1. The van der Waals surface area contributed by atoms with Crippen molar-refractivity contribution in [3.63, 3.8) is 0 Å². The van der Waals surface area contributed by atoms with E-state index in [0.29, 0.717) is 10.7 Å². The second-order valence-corrected chi connectivity index (χ2v) is 6.11. The highest BCUT2D eigenvalue weighted by atomic mass is 79.9. The number of hydrazone groups is 1. The number of ether oxygens (including phenoxy) is 1. The van der Waals surface area contributed by atoms with Crippen LogP contribution in [0.3, 0.4) is 0 Å². The number of nitrogens with one attached hydrogen (secondary N) is 2. The van der Waals surface area contributed by atoms with E-state index in [4.69, 9.17) is 17.0 Å². The highest BCUT2D eigenvalue weighted by Crippen LogP contribution is 2.19. The monoisotopic (exact) mass is 386 g/mol. The van der Waals surface area contributed by atoms with Crippen LogP contribution in [0.1, 0.15) is 5.56 Å². The van der Waals surface area contributed by atoms with Crippen LogP contribution in [-0.4, -0.2) is 60.7 Å². The number of aromatic hydroxyl groups is 1. The number of hydrogen-bond donors (Lipinski definition) is 3. The van der Waals surface area contributed by atoms with E-state index in [0.717, 1.165) is 43.9 Å². The van der Waals surface area contributed by atoms with Gasteiger partial charge >= 0.3 is 0 Å². The average molecular weight is 387 g/mol. The molecule has 0 bridgehead atoms. The lowest BCUT2D eigenvalue weighted by Crippen LogP contribution is -2.42. The van der Waals surface area contributed by atoms with Gasteiger partial charge in [0, 0.05) is 36.2 Å². The second kappa shape index (κ2) is 9.04. The maximum absolute atomic E-state index is 9.68. The highest BCUT2D eigenvalue weighted by molar-refractivity contribution is 9.10. The number of benzene rings is 1. The first-order valence-corrected chi connectivity index (χ1v) is 8.21. The molecule has 22 heavy (non-hydrogen) atoms. The molecule has 0 unspecified atom stereocenters. The SMILES string of the molecule is Oc1ccc(Br)cc1/C=N/NC(=S)NCCN1CCOCC1. The van der Waals surface area contributed by atoms with Crippen molar-refractivity contribution in [1.29, 1.82) is 0 Å². The Morgan fingerprint density at radius 2 is 2.23 bits per heavy atom. The zero-order chi connectivity index (χ0) is 15.8. The molecule has 1 aliphatic rings. The fraction of sp³-hybridized carbons (Fsp3) is 0.429. The van der Waals surface area contributed by atoms with Crippen LogP contribution in [0.4, 0.5) is 0 Å². The lowest BCUT2D eigenvalue weighted by atomic mass is 10.2. The fourth-order valence-corrected chi connectivity index (χ4v) is 2.51. The average Bonchev–Trinajstić information content (AvgIpc) is 2.52. The number of nitrogens with zero attached hydrogens (tertiary/aromatic N) is 2. The topological polar surface area (TPSA) is 69.1 Å². The largest absolute Gasteiger partial charge is 0.507 e. The zero-order valence-electron chi connectivity index (χ0n) is 12.1. The van der Waals surface area contributed by atoms with E-state index in [1.807, 2.05) is 0 Å². The lowest BCUT2D eigenvalue weighted by Gasteiger charge is -2.26. The smallest absolute Gasteiger partial charge is 0.187 e. The summed E-state index contributed by atoms with van der Waals surface area (Å²) in [4.78, 5) is 2.32. The van der Waals surface area contributed by atoms with Gasteiger partial charge in [-0.2, -0.15) is 5.10 Å². The molecule has 1 saturated heterocycles. The minimum Gasteiger partial charge on any atom is -0.507 e. The minimum absolute atomic E-state index is 0.167. The Bertz CT molecular complexity index is 536. The molecule has 1 heterocycles. The summed E-state index contributed by atoms with van der Waals surface area (Å²) in [6, 6.07) is 5.14. The molecule has 0 saturated carbocycles. The number of phenolic OH excluding ortho intramolecular Hbond substituents is 1. The van der Waals surface area contributed by atoms with Crippen molar-refractivity contribution in [2.45, 2.75) is 0 Å². The van der Waals surface area contributed by atoms with Gasteiger partial charge in [0.05, 0.1) is 19.4 Å². The minimum atomic E-state index is 0.167. The summed E-state index contributed by atoms with van der Waals surface area (Å²) in [6.45, 7) is 5.18. The van der Waals surface area contributed by atoms with Crippen LogP contribution in [0, 0.1) is 0 Å². The molecule has 0 spiro atoms. The maximum atomic E-state index is 9.68. The molecule has 3 N–H and O–H groups in total. The summed E-state index contributed by atoms with van der Waals surface area (Å²) < 4.78 is 6.17. The van der Waals surface area contributed by atoms with Gasteiger partial charge in [0.1, 0.15) is 5.75 Å². The fourth-order valence-electron chi connectivity index (χ4n) is 1.98. The molecule has 1 aromatic carbocycles. The van der Waals surface area contributed by atoms with E-state index in [-0.39, 0.29) is 5.75 Å². The molecular weight excluding hydrogens is 368 g/mol. The summed E-state index contributed by atoms with van der Waals surface area (Å²) >= 11 is 8.49. The Kier molecular flexibility index (Phi) is 7.04. The number of thiocarbonyl (C=S) groups is 1. The number of hydrogen-bond acceptors (Lipinski definition) is 5. The van der Waals surface area contributed by atoms with E-state index in [9.17, 15) is 5.11 Å². The predicted octanol–water partition coefficient (Wildman–Crippen LogP) is 1.28. The summed E-state index contributed by atoms with van der Waals surface area (Å²) in [6.07, 6.45) is 1.52. The Morgan fingerprint density at radius 1 is 1.45 bits per heavy atom. The third kappa shape index (κ3) is 5.88. The standard InChI is InChI=1S/C14H19BrN4O2S/c15-12-1-2-13(20)11(9-12)10-17-18-14(22)16-3-4-19-5-7-21-8-6-19/h1-2,9-10,20H,3-8H2,(H2,16,18,22)/b17-10+. The van der Waals surface area contributed by atoms with Crippen LogP contribution in [0.15, 0.2) is 27.8 Å². The summed E-state index contributed by atoms with van der Waals surface area (Å²) in [5.41, 5.74) is 3.34. The third-order valence-electron chi connectivity index (χ3n) is 3.18. The van der Waals surface area contributed by atoms with Crippen LogP contribution in [-0.2, 0) is 4.74 Å². The van der Waals surface area contributed by atoms with Gasteiger partial charge in [0.2, 0.25) is 0 Å². The van der Waals surface area contributed by atoms with Crippen molar-refractivity contribution >= 4 is 39.5 Å². The molecule has 2 rings (SSSR count). The van der Waals surface area contributed by atoms with Gasteiger partial charge in [0.25, 0.3) is 0 Å². The first kappa shape index (κ1) is 17.1. The van der Waals surface area contributed by atoms with Crippen molar-refractivity contribution in [2.24, 2.45) is 5.10 Å². The molecule has 0 aromatic heterocycles. The van der Waals surface area contributed by atoms with E-state index in [1.165, 1.54) is 6.21 Å². The van der Waals surface area contributed by atoms with Gasteiger partial charge in [0.15, 0.2) is 5.11 Å². The summed E-state index contributed by atoms with van der Waals surface area (Å²) in [5.74, 6) is 0.167. The van der Waals surface area contributed by atoms with Gasteiger partial charge in [-0.05, 0) is 30.4 Å². The van der Waals surface area contributed by atoms with Crippen LogP contribution >= 0.6 is 28.1 Å². The van der Waals surface area contributed by atoms with E-state index < -0.39 is 0 Å². The van der Waals surface area contributed by atoms with Crippen molar-refractivity contribution in [2.75, 3.05) is 39.4 Å². The van der Waals surface area contributed by atoms with Gasteiger partial charge < -0.3 is 15.2 Å². The molecule has 1 aliphatic heterocycles. The molecule has 1 fully saturated rings. The van der Waals surface area contributed by atoms with Gasteiger partial charge in [-0.25, -0.2) is 0 Å². The molecular formula is C14H19BrN4O2S. The van der Waals surface area contributed by atoms with Gasteiger partial charge in [-0.1, -0.05) is 15.9 Å². The van der Waals surface area contributed by atoms with E-state index in [2.05, 4.69) is 36.7 Å². The van der Waals surface area contributed by atoms with Gasteiger partial charge in [-0.15, -0.1) is 0 Å². The van der Waals surface area contributed by atoms with E-state index in [1.54, 1.807) is 18.2 Å². The highest BCUT2D eigenvalue weighted by Gasteiger charge is 2.09. The zero-order valence-corrected chi connectivity index (χ0v) is 14.5. The van der Waals surface area contributed by atoms with Crippen molar-refractivity contribution in [1.82, 2.24) is 15.6 Å². The first-order valence-electron chi connectivity index (χ1n) is 7.00. The molecule has 120 valence electrons. The molecule has 1 aromatic rings. The van der Waals surface area contributed by atoms with Crippen molar-refractivity contribution in [3.8, 4) is 5.75 Å².